The second-order valence-electron chi connectivity index (χ2n) is 6.05. The van der Waals surface area contributed by atoms with Crippen LogP contribution >= 0.6 is 11.3 Å². The average Bonchev–Trinajstić information content (AvgIpc) is 3.33. The van der Waals surface area contributed by atoms with Crippen molar-refractivity contribution < 1.29 is 14.3 Å². The number of hydrogen-bond donors (Lipinski definition) is 2. The van der Waals surface area contributed by atoms with Crippen LogP contribution in [0.5, 0.6) is 0 Å². The molecule has 0 saturated carbocycles. The Morgan fingerprint density at radius 1 is 1.31 bits per heavy atom. The molecule has 1 amide bonds. The number of nitrogens with one attached hydrogen (secondary N) is 2. The van der Waals surface area contributed by atoms with Crippen molar-refractivity contribution in [1.29, 1.82) is 5.26 Å². The molecule has 26 heavy (non-hydrogen) atoms. The molecular formula is C19H15N3O3S. The molecule has 130 valence electrons. The summed E-state index contributed by atoms with van der Waals surface area (Å²) < 4.78 is 5.13. The van der Waals surface area contributed by atoms with Crippen LogP contribution in [0.3, 0.4) is 0 Å². The fraction of sp³-hybridized carbons (Fsp3) is 0.211. The zero-order valence-corrected chi connectivity index (χ0v) is 14.6. The fourth-order valence-electron chi connectivity index (χ4n) is 3.22. The van der Waals surface area contributed by atoms with Crippen molar-refractivity contribution >= 4 is 39.1 Å². The molecule has 6 nitrogen and oxygen atoms in total. The standard InChI is InChI=1S/C19H15N3O3S/c20-8-13-12-5-3-7-16(12)26-18(13)22-17(23)10-25-19(24)14-9-21-15-6-2-1-4-11(14)15/h1-2,4,6,9,21H,3,5,7,10H2,(H,22,23). The molecule has 2 N–H and O–H groups in total. The number of H-pyrrole nitrogens is 1. The summed E-state index contributed by atoms with van der Waals surface area (Å²) in [5, 5.41) is 13.3. The van der Waals surface area contributed by atoms with Crippen molar-refractivity contribution in [3.63, 3.8) is 0 Å². The second kappa shape index (κ2) is 6.65. The van der Waals surface area contributed by atoms with E-state index in [0.29, 0.717) is 16.1 Å². The van der Waals surface area contributed by atoms with Crippen LogP contribution < -0.4 is 5.32 Å². The van der Waals surface area contributed by atoms with Gasteiger partial charge >= 0.3 is 5.97 Å². The molecule has 2 aromatic heterocycles. The van der Waals surface area contributed by atoms with Crippen LogP contribution in [-0.4, -0.2) is 23.5 Å². The molecule has 0 aliphatic heterocycles. The van der Waals surface area contributed by atoms with Crippen molar-refractivity contribution in [2.45, 2.75) is 19.3 Å². The monoisotopic (exact) mass is 365 g/mol. The number of fused-ring (bicyclic) bond motifs is 2. The smallest absolute Gasteiger partial charge is 0.340 e. The zero-order chi connectivity index (χ0) is 18.1. The Labute approximate surface area is 153 Å². The van der Waals surface area contributed by atoms with Gasteiger partial charge in [-0.15, -0.1) is 11.3 Å². The third kappa shape index (κ3) is 2.85. The first-order valence-corrected chi connectivity index (χ1v) is 9.06. The number of thiophene rings is 1. The Bertz CT molecular complexity index is 1060. The molecule has 0 spiro atoms. The highest BCUT2D eigenvalue weighted by Gasteiger charge is 2.23. The molecule has 0 saturated heterocycles. The summed E-state index contributed by atoms with van der Waals surface area (Å²) >= 11 is 1.44. The number of aromatic amines is 1. The molecule has 1 aromatic carbocycles. The highest BCUT2D eigenvalue weighted by Crippen LogP contribution is 2.38. The third-order valence-electron chi connectivity index (χ3n) is 4.43. The SMILES string of the molecule is N#Cc1c(NC(=O)COC(=O)c2c[nH]c3ccccc23)sc2c1CCC2. The molecule has 7 heteroatoms. The lowest BCUT2D eigenvalue weighted by atomic mass is 10.1. The molecule has 0 atom stereocenters. The predicted octanol–water partition coefficient (Wildman–Crippen LogP) is 3.39. The number of amides is 1. The Kier molecular flexibility index (Phi) is 4.19. The molecule has 0 fully saturated rings. The van der Waals surface area contributed by atoms with Crippen molar-refractivity contribution in [2.24, 2.45) is 0 Å². The number of ether oxygens (including phenoxy) is 1. The number of carbonyl (C=O) groups excluding carboxylic acids is 2. The number of benzene rings is 1. The van der Waals surface area contributed by atoms with E-state index < -0.39 is 18.5 Å². The van der Waals surface area contributed by atoms with E-state index >= 15 is 0 Å². The van der Waals surface area contributed by atoms with Gasteiger partial charge in [-0.25, -0.2) is 4.79 Å². The predicted molar refractivity (Wildman–Crippen MR) is 98.3 cm³/mol. The number of aromatic nitrogens is 1. The lowest BCUT2D eigenvalue weighted by molar-refractivity contribution is -0.119. The molecule has 1 aliphatic rings. The van der Waals surface area contributed by atoms with E-state index in [-0.39, 0.29) is 0 Å². The maximum absolute atomic E-state index is 12.2. The maximum Gasteiger partial charge on any atom is 0.340 e. The van der Waals surface area contributed by atoms with Crippen LogP contribution in [0.2, 0.25) is 0 Å². The number of nitrogens with zero attached hydrogens (tertiary/aromatic N) is 1. The van der Waals surface area contributed by atoms with Gasteiger partial charge in [0.05, 0.1) is 11.1 Å². The first-order chi connectivity index (χ1) is 12.7. The molecule has 0 unspecified atom stereocenters. The molecule has 2 heterocycles. The summed E-state index contributed by atoms with van der Waals surface area (Å²) in [7, 11) is 0. The van der Waals surface area contributed by atoms with E-state index in [9.17, 15) is 14.9 Å². The Balaban J connectivity index is 1.42. The van der Waals surface area contributed by atoms with Gasteiger partial charge in [-0.2, -0.15) is 5.26 Å². The van der Waals surface area contributed by atoms with E-state index in [1.54, 1.807) is 6.20 Å². The maximum atomic E-state index is 12.2. The van der Waals surface area contributed by atoms with Crippen molar-refractivity contribution in [2.75, 3.05) is 11.9 Å². The number of rotatable bonds is 4. The number of hydrogen-bond acceptors (Lipinski definition) is 5. The van der Waals surface area contributed by atoms with E-state index in [1.807, 2.05) is 24.3 Å². The molecular weight excluding hydrogens is 350 g/mol. The zero-order valence-electron chi connectivity index (χ0n) is 13.8. The number of aryl methyl sites for hydroxylation is 1. The largest absolute Gasteiger partial charge is 0.452 e. The normalized spacial score (nSPS) is 12.6. The van der Waals surface area contributed by atoms with Crippen LogP contribution in [0, 0.1) is 11.3 Å². The first kappa shape index (κ1) is 16.4. The van der Waals surface area contributed by atoms with Crippen molar-refractivity contribution in [1.82, 2.24) is 4.98 Å². The van der Waals surface area contributed by atoms with Crippen LogP contribution in [0.4, 0.5) is 5.00 Å². The highest BCUT2D eigenvalue weighted by atomic mass is 32.1. The van der Waals surface area contributed by atoms with Gasteiger partial charge in [0.15, 0.2) is 6.61 Å². The van der Waals surface area contributed by atoms with E-state index in [2.05, 4.69) is 16.4 Å². The number of anilines is 1. The quantitative estimate of drug-likeness (QED) is 0.693. The van der Waals surface area contributed by atoms with E-state index in [4.69, 9.17) is 4.74 Å². The molecule has 3 aromatic rings. The minimum atomic E-state index is -0.563. The topological polar surface area (TPSA) is 95.0 Å². The number of esters is 1. The van der Waals surface area contributed by atoms with E-state index in [1.165, 1.54) is 11.3 Å². The van der Waals surface area contributed by atoms with Crippen molar-refractivity contribution in [3.8, 4) is 6.07 Å². The van der Waals surface area contributed by atoms with Gasteiger partial charge in [0.2, 0.25) is 0 Å². The van der Waals surface area contributed by atoms with Gasteiger partial charge < -0.3 is 15.0 Å². The van der Waals surface area contributed by atoms with Gasteiger partial charge in [-0.05, 0) is 30.9 Å². The summed E-state index contributed by atoms with van der Waals surface area (Å²) in [6.45, 7) is -0.397. The lowest BCUT2D eigenvalue weighted by Crippen LogP contribution is -2.20. The first-order valence-electron chi connectivity index (χ1n) is 8.25. The summed E-state index contributed by atoms with van der Waals surface area (Å²) in [6, 6.07) is 9.55. The molecule has 4 rings (SSSR count). The fourth-order valence-corrected chi connectivity index (χ4v) is 4.48. The minimum Gasteiger partial charge on any atom is -0.452 e. The van der Waals surface area contributed by atoms with Gasteiger partial charge in [0, 0.05) is 22.0 Å². The Hall–Kier alpha value is -3.11. The molecule has 0 radical (unpaired) electrons. The van der Waals surface area contributed by atoms with Gasteiger partial charge in [-0.1, -0.05) is 18.2 Å². The number of para-hydroxylation sites is 1. The number of nitriles is 1. The lowest BCUT2D eigenvalue weighted by Gasteiger charge is -2.05. The average molecular weight is 365 g/mol. The summed E-state index contributed by atoms with van der Waals surface area (Å²) in [4.78, 5) is 28.5. The van der Waals surface area contributed by atoms with Crippen LogP contribution in [-0.2, 0) is 22.4 Å². The molecule has 1 aliphatic carbocycles. The summed E-state index contributed by atoms with van der Waals surface area (Å²) in [5.41, 5.74) is 2.80. The van der Waals surface area contributed by atoms with Crippen LogP contribution in [0.15, 0.2) is 30.5 Å². The van der Waals surface area contributed by atoms with Crippen LogP contribution in [0.25, 0.3) is 10.9 Å². The van der Waals surface area contributed by atoms with Crippen molar-refractivity contribution in [3.05, 3.63) is 52.0 Å². The molecule has 0 bridgehead atoms. The Morgan fingerprint density at radius 2 is 2.15 bits per heavy atom. The minimum absolute atomic E-state index is 0.390. The summed E-state index contributed by atoms with van der Waals surface area (Å²) in [6.07, 6.45) is 4.44. The summed E-state index contributed by atoms with van der Waals surface area (Å²) in [5.74, 6) is -1.01. The van der Waals surface area contributed by atoms with Gasteiger partial charge in [0.1, 0.15) is 11.1 Å². The Morgan fingerprint density at radius 3 is 3.00 bits per heavy atom. The van der Waals surface area contributed by atoms with Gasteiger partial charge in [0.25, 0.3) is 5.91 Å². The van der Waals surface area contributed by atoms with Crippen LogP contribution in [0.1, 0.15) is 32.8 Å². The number of carbonyl (C=O) groups is 2. The second-order valence-corrected chi connectivity index (χ2v) is 7.15. The highest BCUT2D eigenvalue weighted by molar-refractivity contribution is 7.16. The van der Waals surface area contributed by atoms with E-state index in [0.717, 1.165) is 40.6 Å². The van der Waals surface area contributed by atoms with Gasteiger partial charge in [-0.3, -0.25) is 4.79 Å². The third-order valence-corrected chi connectivity index (χ3v) is 5.64.